The normalized spacial score (nSPS) is 12.8. The van der Waals surface area contributed by atoms with Gasteiger partial charge in [-0.15, -0.1) is 0 Å². The Morgan fingerprint density at radius 1 is 0.821 bits per heavy atom. The van der Waals surface area contributed by atoms with E-state index in [0.29, 0.717) is 16.7 Å². The summed E-state index contributed by atoms with van der Waals surface area (Å²) in [5.41, 5.74) is 3.20. The number of pyridine rings is 2. The number of benzene rings is 2. The van der Waals surface area contributed by atoms with Gasteiger partial charge in [0, 0.05) is 31.3 Å². The fraction of sp³-hybridized carbons (Fsp3) is 0.241. The first kappa shape index (κ1) is 27.7. The largest absolute Gasteiger partial charge is 0.619 e. The van der Waals surface area contributed by atoms with Crippen molar-refractivity contribution < 1.29 is 31.8 Å². The van der Waals surface area contributed by atoms with E-state index in [-0.39, 0.29) is 6.04 Å². The average molecular weight is 542 g/mol. The maximum atomic E-state index is 13.1. The topological polar surface area (TPSA) is 61.5 Å². The summed E-state index contributed by atoms with van der Waals surface area (Å²) in [6.45, 7) is -4.37. The molecular weight excluding hydrogens is 514 g/mol. The zero-order chi connectivity index (χ0) is 27.9. The maximum absolute atomic E-state index is 13.1. The highest BCUT2D eigenvalue weighted by atomic mass is 19.3. The van der Waals surface area contributed by atoms with E-state index >= 15 is 0 Å². The predicted molar refractivity (Wildman–Crippen MR) is 138 cm³/mol. The van der Waals surface area contributed by atoms with Crippen LogP contribution in [-0.2, 0) is 6.42 Å². The molecule has 2 atom stereocenters. The van der Waals surface area contributed by atoms with Crippen LogP contribution >= 0.6 is 0 Å². The van der Waals surface area contributed by atoms with Crippen LogP contribution in [-0.4, -0.2) is 25.3 Å². The van der Waals surface area contributed by atoms with Gasteiger partial charge in [-0.05, 0) is 53.8 Å². The number of ether oxygens (including phenoxy) is 2. The zero-order valence-electron chi connectivity index (χ0n) is 21.3. The molecule has 4 aromatic rings. The van der Waals surface area contributed by atoms with Crippen LogP contribution in [0.1, 0.15) is 41.1 Å². The van der Waals surface area contributed by atoms with Gasteiger partial charge in [0.05, 0.1) is 6.04 Å². The lowest BCUT2D eigenvalue weighted by molar-refractivity contribution is -0.605. The standard InChI is InChI=1S/C29H27F4N3O3/c1-19(21-6-4-3-5-7-21)35(2)27-11-9-23(18-34-27)24(16-20-12-14-36(37)15-13-20)22-8-10-25(38-28(30)31)26(17-22)39-29(32)33/h3-15,17-19,24,28-29H,16H2,1-2H3. The fourth-order valence-corrected chi connectivity index (χ4v) is 4.33. The van der Waals surface area contributed by atoms with E-state index in [1.807, 2.05) is 54.4 Å². The van der Waals surface area contributed by atoms with Crippen LogP contribution in [0.2, 0.25) is 0 Å². The minimum absolute atomic E-state index is 0.0554. The van der Waals surface area contributed by atoms with E-state index in [1.54, 1.807) is 18.3 Å². The van der Waals surface area contributed by atoms with Gasteiger partial charge in [0.1, 0.15) is 5.82 Å². The van der Waals surface area contributed by atoms with Gasteiger partial charge in [-0.25, -0.2) is 4.98 Å². The minimum Gasteiger partial charge on any atom is -0.619 e. The van der Waals surface area contributed by atoms with Gasteiger partial charge in [0.15, 0.2) is 23.9 Å². The lowest BCUT2D eigenvalue weighted by Gasteiger charge is -2.27. The van der Waals surface area contributed by atoms with E-state index in [9.17, 15) is 22.8 Å². The third-order valence-corrected chi connectivity index (χ3v) is 6.51. The van der Waals surface area contributed by atoms with Crippen LogP contribution in [0.4, 0.5) is 23.4 Å². The maximum Gasteiger partial charge on any atom is 0.387 e. The molecule has 0 amide bonds. The first-order valence-electron chi connectivity index (χ1n) is 12.2. The molecule has 2 aromatic heterocycles. The Morgan fingerprint density at radius 3 is 2.08 bits per heavy atom. The Morgan fingerprint density at radius 2 is 1.46 bits per heavy atom. The summed E-state index contributed by atoms with van der Waals surface area (Å²) in [6.07, 6.45) is 4.79. The van der Waals surface area contributed by atoms with Crippen LogP contribution in [0.3, 0.4) is 0 Å². The van der Waals surface area contributed by atoms with Crippen LogP contribution < -0.4 is 19.1 Å². The highest BCUT2D eigenvalue weighted by Crippen LogP contribution is 2.37. The third-order valence-electron chi connectivity index (χ3n) is 6.51. The monoisotopic (exact) mass is 541 g/mol. The molecule has 0 aliphatic carbocycles. The summed E-state index contributed by atoms with van der Waals surface area (Å²) < 4.78 is 61.4. The van der Waals surface area contributed by atoms with E-state index in [2.05, 4.69) is 21.4 Å². The van der Waals surface area contributed by atoms with Crippen molar-refractivity contribution in [3.05, 3.63) is 119 Å². The Bertz CT molecular complexity index is 1340. The predicted octanol–water partition coefficient (Wildman–Crippen LogP) is 6.49. The molecule has 0 saturated carbocycles. The molecule has 39 heavy (non-hydrogen) atoms. The summed E-state index contributed by atoms with van der Waals surface area (Å²) in [5.74, 6) is -0.695. The van der Waals surface area contributed by atoms with Crippen LogP contribution in [0.25, 0.3) is 0 Å². The van der Waals surface area contributed by atoms with Gasteiger partial charge in [0.2, 0.25) is 0 Å². The van der Waals surface area contributed by atoms with Crippen LogP contribution in [0.5, 0.6) is 11.5 Å². The second kappa shape index (κ2) is 12.5. The number of anilines is 1. The molecule has 4 rings (SSSR count). The number of aromatic nitrogens is 2. The van der Waals surface area contributed by atoms with Gasteiger partial charge < -0.3 is 19.6 Å². The second-order valence-electron chi connectivity index (χ2n) is 8.93. The molecule has 0 N–H and O–H groups in total. The zero-order valence-corrected chi connectivity index (χ0v) is 21.3. The van der Waals surface area contributed by atoms with Gasteiger partial charge in [0.25, 0.3) is 0 Å². The molecule has 204 valence electrons. The third kappa shape index (κ3) is 7.16. The van der Waals surface area contributed by atoms with Gasteiger partial charge >= 0.3 is 13.2 Å². The number of nitrogens with zero attached hydrogens (tertiary/aromatic N) is 3. The summed E-state index contributed by atoms with van der Waals surface area (Å²) >= 11 is 0. The molecule has 2 aromatic carbocycles. The van der Waals surface area contributed by atoms with Gasteiger partial charge in [-0.3, -0.25) is 0 Å². The number of hydrogen-bond donors (Lipinski definition) is 0. The molecule has 2 unspecified atom stereocenters. The fourth-order valence-electron chi connectivity index (χ4n) is 4.33. The highest BCUT2D eigenvalue weighted by molar-refractivity contribution is 5.48. The number of rotatable bonds is 11. The average Bonchev–Trinajstić information content (AvgIpc) is 2.93. The van der Waals surface area contributed by atoms with Crippen molar-refractivity contribution in [2.45, 2.75) is 38.5 Å². The summed E-state index contributed by atoms with van der Waals surface area (Å²) in [5, 5.41) is 11.5. The molecular formula is C29H27F4N3O3. The molecule has 10 heteroatoms. The summed E-state index contributed by atoms with van der Waals surface area (Å²) in [7, 11) is 1.94. The number of alkyl halides is 4. The van der Waals surface area contributed by atoms with Gasteiger partial charge in [-0.2, -0.15) is 22.3 Å². The van der Waals surface area contributed by atoms with Crippen molar-refractivity contribution in [1.82, 2.24) is 4.98 Å². The van der Waals surface area contributed by atoms with Crippen molar-refractivity contribution in [3.63, 3.8) is 0 Å². The Hall–Kier alpha value is -4.34. The Labute approximate surface area is 223 Å². The Kier molecular flexibility index (Phi) is 8.85. The van der Waals surface area contributed by atoms with Crippen LogP contribution in [0.15, 0.2) is 91.4 Å². The molecule has 6 nitrogen and oxygen atoms in total. The SMILES string of the molecule is CC(c1ccccc1)N(C)c1ccc(C(Cc2cc[n+]([O-])cc2)c2ccc(OC(F)F)c(OC(F)F)c2)cn1. The van der Waals surface area contributed by atoms with Gasteiger partial charge in [-0.1, -0.05) is 42.5 Å². The quantitative estimate of drug-likeness (QED) is 0.123. The van der Waals surface area contributed by atoms with Crippen molar-refractivity contribution >= 4 is 5.82 Å². The van der Waals surface area contributed by atoms with E-state index in [0.717, 1.165) is 22.5 Å². The second-order valence-corrected chi connectivity index (χ2v) is 8.93. The van der Waals surface area contributed by atoms with E-state index < -0.39 is 30.6 Å². The van der Waals surface area contributed by atoms with Crippen molar-refractivity contribution in [2.75, 3.05) is 11.9 Å². The number of halogens is 4. The molecule has 2 heterocycles. The van der Waals surface area contributed by atoms with Crippen molar-refractivity contribution in [2.24, 2.45) is 0 Å². The number of hydrogen-bond acceptors (Lipinski definition) is 5. The molecule has 0 aliphatic rings. The molecule has 0 fully saturated rings. The first-order valence-corrected chi connectivity index (χ1v) is 12.2. The highest BCUT2D eigenvalue weighted by Gasteiger charge is 2.22. The molecule has 0 radical (unpaired) electrons. The summed E-state index contributed by atoms with van der Waals surface area (Å²) in [6, 6.07) is 21.1. The van der Waals surface area contributed by atoms with E-state index in [1.165, 1.54) is 30.6 Å². The molecule has 0 saturated heterocycles. The molecule has 0 bridgehead atoms. The van der Waals surface area contributed by atoms with Crippen molar-refractivity contribution in [1.29, 1.82) is 0 Å². The lowest BCUT2D eigenvalue weighted by Crippen LogP contribution is -2.24. The first-order chi connectivity index (χ1) is 18.7. The lowest BCUT2D eigenvalue weighted by atomic mass is 9.86. The van der Waals surface area contributed by atoms with E-state index in [4.69, 9.17) is 0 Å². The minimum atomic E-state index is -3.23. The summed E-state index contributed by atoms with van der Waals surface area (Å²) in [4.78, 5) is 6.68. The van der Waals surface area contributed by atoms with Crippen LogP contribution in [0, 0.1) is 5.21 Å². The smallest absolute Gasteiger partial charge is 0.387 e. The molecule has 0 spiro atoms. The Balaban J connectivity index is 1.68. The molecule has 0 aliphatic heterocycles. The van der Waals surface area contributed by atoms with Crippen molar-refractivity contribution in [3.8, 4) is 11.5 Å².